The number of pyridine rings is 2. The number of aryl methyl sites for hydroxylation is 1. The Balaban J connectivity index is 1.32. The molecule has 5 aromatic rings. The van der Waals surface area contributed by atoms with Crippen molar-refractivity contribution in [2.75, 3.05) is 20.2 Å². The molecule has 1 unspecified atom stereocenters. The monoisotopic (exact) mass is 491 g/mol. The first-order valence-electron chi connectivity index (χ1n) is 12.6. The first kappa shape index (κ1) is 23.2. The molecule has 0 spiro atoms. The first-order chi connectivity index (χ1) is 18.1. The van der Waals surface area contributed by atoms with E-state index in [1.165, 1.54) is 5.56 Å². The van der Waals surface area contributed by atoms with E-state index in [9.17, 15) is 4.79 Å². The van der Waals surface area contributed by atoms with Crippen LogP contribution in [0.4, 0.5) is 0 Å². The summed E-state index contributed by atoms with van der Waals surface area (Å²) < 4.78 is 8.94. The van der Waals surface area contributed by atoms with E-state index in [0.29, 0.717) is 0 Å². The summed E-state index contributed by atoms with van der Waals surface area (Å²) in [6.45, 7) is 4.60. The van der Waals surface area contributed by atoms with Crippen LogP contribution < -0.4 is 10.4 Å². The molecule has 0 bridgehead atoms. The van der Waals surface area contributed by atoms with Crippen molar-refractivity contribution in [2.24, 2.45) is 0 Å². The van der Waals surface area contributed by atoms with E-state index in [1.807, 2.05) is 65.4 Å². The van der Waals surface area contributed by atoms with Crippen molar-refractivity contribution in [3.63, 3.8) is 0 Å². The van der Waals surface area contributed by atoms with E-state index in [4.69, 9.17) is 4.74 Å². The zero-order chi connectivity index (χ0) is 25.4. The van der Waals surface area contributed by atoms with E-state index in [-0.39, 0.29) is 11.7 Å². The normalized spacial score (nSPS) is 15.9. The summed E-state index contributed by atoms with van der Waals surface area (Å²) in [5.41, 5.74) is 6.80. The van der Waals surface area contributed by atoms with Gasteiger partial charge in [-0.15, -0.1) is 0 Å². The zero-order valence-electron chi connectivity index (χ0n) is 21.0. The third-order valence-electron chi connectivity index (χ3n) is 7.29. The minimum atomic E-state index is -0.0493. The number of methoxy groups -OCH3 is 1. The Morgan fingerprint density at radius 3 is 2.35 bits per heavy atom. The summed E-state index contributed by atoms with van der Waals surface area (Å²) in [6.07, 6.45) is 4.51. The highest BCUT2D eigenvalue weighted by Crippen LogP contribution is 2.28. The third-order valence-corrected chi connectivity index (χ3v) is 7.29. The van der Waals surface area contributed by atoms with Crippen LogP contribution in [0.25, 0.3) is 28.0 Å². The number of nitrogens with zero attached hydrogens (tertiary/aromatic N) is 5. The Morgan fingerprint density at radius 1 is 0.919 bits per heavy atom. The van der Waals surface area contributed by atoms with Crippen molar-refractivity contribution in [1.29, 1.82) is 0 Å². The van der Waals surface area contributed by atoms with Gasteiger partial charge in [0, 0.05) is 32.0 Å². The van der Waals surface area contributed by atoms with E-state index < -0.39 is 0 Å². The van der Waals surface area contributed by atoms with Crippen molar-refractivity contribution in [3.05, 3.63) is 107 Å². The van der Waals surface area contributed by atoms with E-state index in [1.54, 1.807) is 17.9 Å². The molecule has 0 N–H and O–H groups in total. The maximum Gasteiger partial charge on any atom is 0.335 e. The first-order valence-corrected chi connectivity index (χ1v) is 12.6. The van der Waals surface area contributed by atoms with Crippen LogP contribution in [-0.2, 0) is 6.54 Å². The van der Waals surface area contributed by atoms with Crippen LogP contribution in [-0.4, -0.2) is 44.2 Å². The molecular formula is C30H29N5O2. The highest BCUT2D eigenvalue weighted by atomic mass is 16.5. The van der Waals surface area contributed by atoms with Gasteiger partial charge in [0.05, 0.1) is 30.0 Å². The van der Waals surface area contributed by atoms with Crippen LogP contribution in [0.15, 0.2) is 90.0 Å². The minimum absolute atomic E-state index is 0.0493. The van der Waals surface area contributed by atoms with Crippen LogP contribution in [0.1, 0.15) is 23.7 Å². The largest absolute Gasteiger partial charge is 0.497 e. The fourth-order valence-corrected chi connectivity index (χ4v) is 5.28. The van der Waals surface area contributed by atoms with Crippen LogP contribution in [0.5, 0.6) is 5.75 Å². The second-order valence-corrected chi connectivity index (χ2v) is 9.55. The summed E-state index contributed by atoms with van der Waals surface area (Å²) in [6, 6.07) is 24.1. The number of rotatable bonds is 6. The molecule has 0 aliphatic carbocycles. The Kier molecular flexibility index (Phi) is 6.06. The number of hydrogen-bond acceptors (Lipinski definition) is 5. The van der Waals surface area contributed by atoms with Crippen LogP contribution in [0.3, 0.4) is 0 Å². The molecule has 7 nitrogen and oxygen atoms in total. The number of likely N-dealkylation sites (tertiary alicyclic amines) is 1. The van der Waals surface area contributed by atoms with Crippen LogP contribution >= 0.6 is 0 Å². The molecule has 37 heavy (non-hydrogen) atoms. The lowest BCUT2D eigenvalue weighted by Crippen LogP contribution is -2.29. The molecule has 7 heteroatoms. The Morgan fingerprint density at radius 2 is 1.62 bits per heavy atom. The van der Waals surface area contributed by atoms with Gasteiger partial charge < -0.3 is 4.74 Å². The average molecular weight is 492 g/mol. The van der Waals surface area contributed by atoms with Gasteiger partial charge in [-0.05, 0) is 72.5 Å². The molecule has 1 aliphatic rings. The van der Waals surface area contributed by atoms with Crippen molar-refractivity contribution in [1.82, 2.24) is 24.0 Å². The maximum absolute atomic E-state index is 13.9. The molecule has 3 aromatic heterocycles. The lowest BCUT2D eigenvalue weighted by molar-refractivity contribution is 0.311. The number of imidazole rings is 1. The van der Waals surface area contributed by atoms with Gasteiger partial charge in [-0.1, -0.05) is 30.3 Å². The number of benzene rings is 2. The van der Waals surface area contributed by atoms with Crippen molar-refractivity contribution in [2.45, 2.75) is 25.9 Å². The van der Waals surface area contributed by atoms with Gasteiger partial charge >= 0.3 is 5.69 Å². The number of ether oxygens (including phenoxy) is 1. The molecule has 1 aliphatic heterocycles. The summed E-state index contributed by atoms with van der Waals surface area (Å²) in [7, 11) is 1.66. The molecule has 1 saturated heterocycles. The highest BCUT2D eigenvalue weighted by Gasteiger charge is 2.29. The molecule has 1 fully saturated rings. The molecule has 4 heterocycles. The fourth-order valence-electron chi connectivity index (χ4n) is 5.28. The smallest absolute Gasteiger partial charge is 0.335 e. The van der Waals surface area contributed by atoms with Gasteiger partial charge in [-0.2, -0.15) is 0 Å². The molecule has 0 saturated carbocycles. The Hall–Kier alpha value is -4.23. The van der Waals surface area contributed by atoms with E-state index in [0.717, 1.165) is 65.5 Å². The van der Waals surface area contributed by atoms with Crippen molar-refractivity contribution < 1.29 is 4.74 Å². The number of aromatic nitrogens is 4. The minimum Gasteiger partial charge on any atom is -0.497 e. The van der Waals surface area contributed by atoms with Gasteiger partial charge in [-0.25, -0.2) is 9.78 Å². The predicted molar refractivity (Wildman–Crippen MR) is 145 cm³/mol. The molecule has 0 amide bonds. The van der Waals surface area contributed by atoms with Crippen molar-refractivity contribution in [3.8, 4) is 22.6 Å². The second-order valence-electron chi connectivity index (χ2n) is 9.55. The predicted octanol–water partition coefficient (Wildman–Crippen LogP) is 5.01. The van der Waals surface area contributed by atoms with Gasteiger partial charge in [0.1, 0.15) is 5.75 Å². The average Bonchev–Trinajstić information content (AvgIpc) is 3.51. The lowest BCUT2D eigenvalue weighted by atomic mass is 10.1. The molecule has 6 rings (SSSR count). The molecule has 2 aromatic carbocycles. The van der Waals surface area contributed by atoms with Gasteiger partial charge in [-0.3, -0.25) is 19.0 Å². The molecular weight excluding hydrogens is 462 g/mol. The topological polar surface area (TPSA) is 65.2 Å². The summed E-state index contributed by atoms with van der Waals surface area (Å²) >= 11 is 0. The maximum atomic E-state index is 13.9. The summed E-state index contributed by atoms with van der Waals surface area (Å²) in [5.74, 6) is 0.827. The number of fused-ring (bicyclic) bond motifs is 1. The summed E-state index contributed by atoms with van der Waals surface area (Å²) in [5, 5.41) is 0. The van der Waals surface area contributed by atoms with Crippen molar-refractivity contribution >= 4 is 11.2 Å². The summed E-state index contributed by atoms with van der Waals surface area (Å²) in [4.78, 5) is 25.4. The molecule has 1 atom stereocenters. The molecule has 0 radical (unpaired) electrons. The van der Waals surface area contributed by atoms with E-state index in [2.05, 4.69) is 40.0 Å². The van der Waals surface area contributed by atoms with Crippen LogP contribution in [0, 0.1) is 6.92 Å². The third kappa shape index (κ3) is 4.32. The Labute approximate surface area is 215 Å². The van der Waals surface area contributed by atoms with Gasteiger partial charge in [0.2, 0.25) is 0 Å². The fraction of sp³-hybridized carbons (Fsp3) is 0.233. The van der Waals surface area contributed by atoms with E-state index >= 15 is 0 Å². The zero-order valence-corrected chi connectivity index (χ0v) is 21.0. The lowest BCUT2D eigenvalue weighted by Gasteiger charge is -2.17. The number of hydrogen-bond donors (Lipinski definition) is 0. The second kappa shape index (κ2) is 9.67. The van der Waals surface area contributed by atoms with Gasteiger partial charge in [0.25, 0.3) is 0 Å². The SMILES string of the molecule is COc1ccc(-c2ccc(-n3c(=O)n(C4CCN(Cc5ncccc5C)C4)c4ncccc43)cc2)cc1. The van der Waals surface area contributed by atoms with Crippen LogP contribution in [0.2, 0.25) is 0 Å². The quantitative estimate of drug-likeness (QED) is 0.334. The molecule has 186 valence electrons. The highest BCUT2D eigenvalue weighted by molar-refractivity contribution is 5.75. The van der Waals surface area contributed by atoms with Gasteiger partial charge in [0.15, 0.2) is 5.65 Å². The standard InChI is InChI=1S/C30H29N5O2/c1-21-5-3-16-31-27(21)20-33-18-15-25(19-33)35-29-28(6-4-17-32-29)34(30(35)36)24-11-7-22(8-12-24)23-9-13-26(37-2)14-10-23/h3-14,16-17,25H,15,18-20H2,1-2H3. The Bertz CT molecular complexity index is 1600.